The molecule has 21 heavy (non-hydrogen) atoms. The zero-order valence-electron chi connectivity index (χ0n) is 12.6. The molecule has 6 nitrogen and oxygen atoms in total. The molecule has 0 spiro atoms. The van der Waals surface area contributed by atoms with Crippen LogP contribution >= 0.6 is 0 Å². The van der Waals surface area contributed by atoms with Crippen molar-refractivity contribution in [3.8, 4) is 0 Å². The van der Waals surface area contributed by atoms with Gasteiger partial charge in [-0.05, 0) is 31.5 Å². The number of aryl methyl sites for hydroxylation is 1. The second-order valence-corrected chi connectivity index (χ2v) is 5.17. The third kappa shape index (κ3) is 4.52. The van der Waals surface area contributed by atoms with Gasteiger partial charge in [-0.15, -0.1) is 0 Å². The first-order valence-electron chi connectivity index (χ1n) is 6.92. The smallest absolute Gasteiger partial charge is 0.321 e. The fourth-order valence-corrected chi connectivity index (χ4v) is 1.92. The van der Waals surface area contributed by atoms with Crippen molar-refractivity contribution in [2.45, 2.75) is 26.4 Å². The Hall–Kier alpha value is -2.50. The highest BCUT2D eigenvalue weighted by molar-refractivity contribution is 5.87. The van der Waals surface area contributed by atoms with Crippen LogP contribution in [0, 0.1) is 0 Å². The number of aromatic nitrogens is 2. The number of carbonyl (C=O) groups is 1. The number of hydrogen-bond acceptors (Lipinski definition) is 3. The summed E-state index contributed by atoms with van der Waals surface area (Å²) < 4.78 is 1.74. The first-order valence-corrected chi connectivity index (χ1v) is 6.92. The fraction of sp³-hybridized carbons (Fsp3) is 0.333. The molecule has 0 aliphatic heterocycles. The monoisotopic (exact) mass is 287 g/mol. The van der Waals surface area contributed by atoms with Gasteiger partial charge in [-0.2, -0.15) is 0 Å². The number of benzene rings is 1. The molecule has 0 bridgehead atoms. The number of amides is 2. The fourth-order valence-electron chi connectivity index (χ4n) is 1.92. The predicted molar refractivity (Wildman–Crippen MR) is 84.3 cm³/mol. The van der Waals surface area contributed by atoms with Crippen LogP contribution in [0.4, 0.5) is 16.4 Å². The van der Waals surface area contributed by atoms with Crippen LogP contribution in [0.5, 0.6) is 0 Å². The lowest BCUT2D eigenvalue weighted by Crippen LogP contribution is -2.29. The van der Waals surface area contributed by atoms with Crippen LogP contribution in [0.3, 0.4) is 0 Å². The van der Waals surface area contributed by atoms with Gasteiger partial charge in [-0.25, -0.2) is 9.78 Å². The lowest BCUT2D eigenvalue weighted by molar-refractivity contribution is 0.251. The molecular formula is C15H21N5O. The highest BCUT2D eigenvalue weighted by Gasteiger charge is 2.05. The summed E-state index contributed by atoms with van der Waals surface area (Å²) in [6.07, 6.45) is 3.41. The number of hydrogen-bond donors (Lipinski definition) is 3. The van der Waals surface area contributed by atoms with Crippen LogP contribution in [0.25, 0.3) is 0 Å². The molecule has 6 heteroatoms. The average molecular weight is 287 g/mol. The Kier molecular flexibility index (Phi) is 4.81. The molecule has 0 saturated heterocycles. The van der Waals surface area contributed by atoms with Gasteiger partial charge in [0.2, 0.25) is 5.95 Å². The topological polar surface area (TPSA) is 71.0 Å². The van der Waals surface area contributed by atoms with Crippen LogP contribution in [-0.4, -0.2) is 21.6 Å². The van der Waals surface area contributed by atoms with Crippen LogP contribution in [0.1, 0.15) is 19.4 Å². The maximum absolute atomic E-state index is 11.8. The molecule has 0 atom stereocenters. The van der Waals surface area contributed by atoms with E-state index >= 15 is 0 Å². The van der Waals surface area contributed by atoms with E-state index in [0.717, 1.165) is 11.3 Å². The highest BCUT2D eigenvalue weighted by Crippen LogP contribution is 2.11. The van der Waals surface area contributed by atoms with Gasteiger partial charge < -0.3 is 15.2 Å². The van der Waals surface area contributed by atoms with Crippen molar-refractivity contribution in [1.29, 1.82) is 0 Å². The summed E-state index contributed by atoms with van der Waals surface area (Å²) >= 11 is 0. The van der Waals surface area contributed by atoms with Crippen molar-refractivity contribution in [2.24, 2.45) is 7.05 Å². The molecule has 2 amide bonds. The lowest BCUT2D eigenvalue weighted by Gasteiger charge is -2.12. The molecule has 1 aromatic heterocycles. The molecule has 0 fully saturated rings. The third-order valence-corrected chi connectivity index (χ3v) is 2.88. The molecule has 0 saturated carbocycles. The number of urea groups is 1. The summed E-state index contributed by atoms with van der Waals surface area (Å²) in [5.74, 6) is 0.516. The van der Waals surface area contributed by atoms with Crippen molar-refractivity contribution in [1.82, 2.24) is 14.9 Å². The van der Waals surface area contributed by atoms with Crippen molar-refractivity contribution in [2.75, 3.05) is 10.6 Å². The molecule has 2 rings (SSSR count). The molecular weight excluding hydrogens is 266 g/mol. The van der Waals surface area contributed by atoms with Crippen LogP contribution < -0.4 is 16.0 Å². The Morgan fingerprint density at radius 1 is 1.38 bits per heavy atom. The van der Waals surface area contributed by atoms with Gasteiger partial charge in [0.25, 0.3) is 0 Å². The predicted octanol–water partition coefficient (Wildman–Crippen LogP) is 2.56. The number of anilines is 2. The van der Waals surface area contributed by atoms with E-state index in [2.05, 4.69) is 34.8 Å². The normalized spacial score (nSPS) is 10.5. The summed E-state index contributed by atoms with van der Waals surface area (Å²) in [5, 5.41) is 8.84. The second-order valence-electron chi connectivity index (χ2n) is 5.17. The van der Waals surface area contributed by atoms with Crippen molar-refractivity contribution >= 4 is 17.7 Å². The van der Waals surface area contributed by atoms with E-state index in [0.29, 0.717) is 18.5 Å². The number of carbonyl (C=O) groups excluding carboxylic acids is 1. The zero-order chi connectivity index (χ0) is 15.2. The van der Waals surface area contributed by atoms with Crippen LogP contribution in [0.15, 0.2) is 36.7 Å². The van der Waals surface area contributed by atoms with E-state index in [4.69, 9.17) is 0 Å². The summed E-state index contributed by atoms with van der Waals surface area (Å²) in [6.45, 7) is 4.64. The summed E-state index contributed by atoms with van der Waals surface area (Å²) in [6, 6.07) is 8.09. The molecule has 112 valence electrons. The van der Waals surface area contributed by atoms with E-state index < -0.39 is 0 Å². The average Bonchev–Trinajstić information content (AvgIpc) is 2.82. The second kappa shape index (κ2) is 6.78. The summed E-state index contributed by atoms with van der Waals surface area (Å²) in [5.41, 5.74) is 2.09. The van der Waals surface area contributed by atoms with Crippen molar-refractivity contribution < 1.29 is 4.79 Å². The van der Waals surface area contributed by atoms with Gasteiger partial charge >= 0.3 is 6.03 Å². The van der Waals surface area contributed by atoms with Gasteiger partial charge in [0, 0.05) is 37.7 Å². The Labute approximate surface area is 124 Å². The molecule has 0 unspecified atom stereocenters. The van der Waals surface area contributed by atoms with Gasteiger partial charge in [0.05, 0.1) is 0 Å². The van der Waals surface area contributed by atoms with Crippen molar-refractivity contribution in [3.05, 3.63) is 42.2 Å². The molecule has 0 aliphatic rings. The Morgan fingerprint density at radius 2 is 2.19 bits per heavy atom. The van der Waals surface area contributed by atoms with Crippen LogP contribution in [0.2, 0.25) is 0 Å². The molecule has 2 aromatic rings. The number of imidazole rings is 1. The number of rotatable bonds is 5. The number of nitrogens with zero attached hydrogens (tertiary/aromatic N) is 2. The SMILES string of the molecule is CC(C)Nc1cccc(CNC(=O)Nc2nccn2C)c1. The third-order valence-electron chi connectivity index (χ3n) is 2.88. The quantitative estimate of drug-likeness (QED) is 0.791. The van der Waals surface area contributed by atoms with Gasteiger partial charge in [-0.1, -0.05) is 12.1 Å². The minimum atomic E-state index is -0.272. The van der Waals surface area contributed by atoms with E-state index in [9.17, 15) is 4.79 Å². The Bertz CT molecular complexity index is 606. The Balaban J connectivity index is 1.88. The minimum absolute atomic E-state index is 0.272. The van der Waals surface area contributed by atoms with E-state index in [1.54, 1.807) is 17.0 Å². The zero-order valence-corrected chi connectivity index (χ0v) is 12.6. The van der Waals surface area contributed by atoms with Crippen molar-refractivity contribution in [3.63, 3.8) is 0 Å². The van der Waals surface area contributed by atoms with E-state index in [-0.39, 0.29) is 6.03 Å². The first-order chi connectivity index (χ1) is 10.0. The lowest BCUT2D eigenvalue weighted by atomic mass is 10.2. The highest BCUT2D eigenvalue weighted by atomic mass is 16.2. The van der Waals surface area contributed by atoms with Gasteiger partial charge in [0.15, 0.2) is 0 Å². The molecule has 1 aromatic carbocycles. The maximum atomic E-state index is 11.8. The molecule has 0 radical (unpaired) electrons. The molecule has 1 heterocycles. The maximum Gasteiger partial charge on any atom is 0.321 e. The first kappa shape index (κ1) is 14.9. The Morgan fingerprint density at radius 3 is 2.86 bits per heavy atom. The largest absolute Gasteiger partial charge is 0.383 e. The molecule has 0 aliphatic carbocycles. The summed E-state index contributed by atoms with van der Waals surface area (Å²) in [4.78, 5) is 15.8. The summed E-state index contributed by atoms with van der Waals surface area (Å²) in [7, 11) is 1.82. The van der Waals surface area contributed by atoms with Gasteiger partial charge in [-0.3, -0.25) is 5.32 Å². The molecule has 3 N–H and O–H groups in total. The number of nitrogens with one attached hydrogen (secondary N) is 3. The van der Waals surface area contributed by atoms with E-state index in [1.165, 1.54) is 0 Å². The standard InChI is InChI=1S/C15H21N5O/c1-11(2)18-13-6-4-5-12(9-13)10-17-15(21)19-14-16-7-8-20(14)3/h4-9,11,18H,10H2,1-3H3,(H2,16,17,19,21). The minimum Gasteiger partial charge on any atom is -0.383 e. The van der Waals surface area contributed by atoms with Gasteiger partial charge in [0.1, 0.15) is 0 Å². The van der Waals surface area contributed by atoms with E-state index in [1.807, 2.05) is 31.3 Å². The van der Waals surface area contributed by atoms with Crippen LogP contribution in [-0.2, 0) is 13.6 Å².